The van der Waals surface area contributed by atoms with Gasteiger partial charge in [0.2, 0.25) is 0 Å². The molecule has 0 radical (unpaired) electrons. The van der Waals surface area contributed by atoms with Crippen LogP contribution < -0.4 is 5.32 Å². The van der Waals surface area contributed by atoms with Crippen LogP contribution in [0.25, 0.3) is 0 Å². The van der Waals surface area contributed by atoms with Gasteiger partial charge in [0.05, 0.1) is 6.61 Å². The minimum atomic E-state index is -0.0268. The molecule has 1 saturated carbocycles. The molecule has 1 aliphatic rings. The summed E-state index contributed by atoms with van der Waals surface area (Å²) < 4.78 is 5.48. The maximum Gasteiger partial charge on any atom is 0.321 e. The fourth-order valence-corrected chi connectivity index (χ4v) is 4.14. The third kappa shape index (κ3) is 5.15. The van der Waals surface area contributed by atoms with E-state index in [0.29, 0.717) is 24.5 Å². The Hall–Kier alpha value is -1.20. The van der Waals surface area contributed by atoms with E-state index >= 15 is 0 Å². The van der Waals surface area contributed by atoms with E-state index in [-0.39, 0.29) is 6.03 Å². The number of urea groups is 1. The highest BCUT2D eigenvalue weighted by Crippen LogP contribution is 2.32. The number of carbonyl (C=O) groups is 1. The minimum Gasteiger partial charge on any atom is -0.377 e. The maximum atomic E-state index is 12.6. The average molecular weight is 337 g/mol. The SMILES string of the molecule is CCOCc1ccccc1NC(=O)N(C)[C@H]1CC[C@H](SCC)C1. The molecule has 23 heavy (non-hydrogen) atoms. The summed E-state index contributed by atoms with van der Waals surface area (Å²) in [6, 6.07) is 8.16. The molecule has 128 valence electrons. The van der Waals surface area contributed by atoms with E-state index in [9.17, 15) is 4.79 Å². The molecule has 0 aliphatic heterocycles. The number of hydrogen-bond acceptors (Lipinski definition) is 3. The van der Waals surface area contributed by atoms with E-state index in [1.165, 1.54) is 6.42 Å². The van der Waals surface area contributed by atoms with Crippen LogP contribution in [0.2, 0.25) is 0 Å². The number of carbonyl (C=O) groups excluding carboxylic acids is 1. The van der Waals surface area contributed by atoms with Crippen molar-refractivity contribution in [2.75, 3.05) is 24.7 Å². The van der Waals surface area contributed by atoms with E-state index in [0.717, 1.165) is 29.8 Å². The summed E-state index contributed by atoms with van der Waals surface area (Å²) in [5.74, 6) is 1.15. The molecule has 4 nitrogen and oxygen atoms in total. The van der Waals surface area contributed by atoms with Gasteiger partial charge in [0.1, 0.15) is 0 Å². The first kappa shape index (κ1) is 18.1. The van der Waals surface area contributed by atoms with Crippen molar-refractivity contribution in [1.82, 2.24) is 4.90 Å². The lowest BCUT2D eigenvalue weighted by molar-refractivity contribution is 0.134. The van der Waals surface area contributed by atoms with Crippen molar-refractivity contribution in [3.05, 3.63) is 29.8 Å². The first-order valence-corrected chi connectivity index (χ1v) is 9.51. The second-order valence-corrected chi connectivity index (χ2v) is 7.46. The number of benzene rings is 1. The quantitative estimate of drug-likeness (QED) is 0.804. The summed E-state index contributed by atoms with van der Waals surface area (Å²) in [7, 11) is 1.91. The molecular weight excluding hydrogens is 308 g/mol. The number of thioether (sulfide) groups is 1. The van der Waals surface area contributed by atoms with Crippen molar-refractivity contribution in [3.8, 4) is 0 Å². The van der Waals surface area contributed by atoms with Crippen LogP contribution in [0.4, 0.5) is 10.5 Å². The average Bonchev–Trinajstić information content (AvgIpc) is 3.02. The molecule has 0 aromatic heterocycles. The Balaban J connectivity index is 1.94. The fraction of sp³-hybridized carbons (Fsp3) is 0.611. The van der Waals surface area contributed by atoms with Crippen molar-refractivity contribution in [3.63, 3.8) is 0 Å². The molecule has 0 unspecified atom stereocenters. The Morgan fingerprint density at radius 1 is 1.35 bits per heavy atom. The second-order valence-electron chi connectivity index (χ2n) is 5.88. The fourth-order valence-electron chi connectivity index (χ4n) is 3.01. The monoisotopic (exact) mass is 336 g/mol. The Morgan fingerprint density at radius 3 is 2.87 bits per heavy atom. The van der Waals surface area contributed by atoms with Crippen molar-refractivity contribution in [2.24, 2.45) is 0 Å². The van der Waals surface area contributed by atoms with Gasteiger partial charge in [0.15, 0.2) is 0 Å². The molecule has 5 heteroatoms. The van der Waals surface area contributed by atoms with Crippen LogP contribution in [0.15, 0.2) is 24.3 Å². The number of rotatable bonds is 7. The summed E-state index contributed by atoms with van der Waals surface area (Å²) in [4.78, 5) is 14.4. The Bertz CT molecular complexity index is 510. The first-order chi connectivity index (χ1) is 11.2. The van der Waals surface area contributed by atoms with Gasteiger partial charge >= 0.3 is 6.03 Å². The minimum absolute atomic E-state index is 0.0268. The third-order valence-corrected chi connectivity index (χ3v) is 5.58. The molecular formula is C18H28N2O2S. The Kier molecular flexibility index (Phi) is 7.24. The number of amides is 2. The predicted molar refractivity (Wildman–Crippen MR) is 98.1 cm³/mol. The topological polar surface area (TPSA) is 41.6 Å². The molecule has 0 saturated heterocycles. The lowest BCUT2D eigenvalue weighted by Crippen LogP contribution is -2.38. The smallest absolute Gasteiger partial charge is 0.321 e. The van der Waals surface area contributed by atoms with Crippen LogP contribution in [0.1, 0.15) is 38.7 Å². The largest absolute Gasteiger partial charge is 0.377 e. The molecule has 0 spiro atoms. The molecule has 2 rings (SSSR count). The zero-order valence-electron chi connectivity index (χ0n) is 14.4. The molecule has 1 N–H and O–H groups in total. The van der Waals surface area contributed by atoms with Crippen molar-refractivity contribution < 1.29 is 9.53 Å². The third-order valence-electron chi connectivity index (χ3n) is 4.35. The molecule has 1 aromatic carbocycles. The van der Waals surface area contributed by atoms with E-state index in [1.54, 1.807) is 0 Å². The number of ether oxygens (including phenoxy) is 1. The molecule has 0 bridgehead atoms. The van der Waals surface area contributed by atoms with Crippen LogP contribution in [0, 0.1) is 0 Å². The van der Waals surface area contributed by atoms with E-state index in [4.69, 9.17) is 4.74 Å². The lowest BCUT2D eigenvalue weighted by atomic mass is 10.2. The highest BCUT2D eigenvalue weighted by molar-refractivity contribution is 7.99. The number of anilines is 1. The molecule has 0 heterocycles. The van der Waals surface area contributed by atoms with Gasteiger partial charge < -0.3 is 15.0 Å². The summed E-state index contributed by atoms with van der Waals surface area (Å²) in [5, 5.41) is 3.74. The van der Waals surface area contributed by atoms with E-state index in [1.807, 2.05) is 54.9 Å². The van der Waals surface area contributed by atoms with E-state index in [2.05, 4.69) is 12.2 Å². The standard InChI is InChI=1S/C18H28N2O2S/c1-4-22-13-14-8-6-7-9-17(14)19-18(21)20(3)15-10-11-16(12-15)23-5-2/h6-9,15-16H,4-5,10-13H2,1-3H3,(H,19,21)/t15-,16-/m0/s1. The van der Waals surface area contributed by atoms with Crippen molar-refractivity contribution in [2.45, 2.75) is 51.0 Å². The van der Waals surface area contributed by atoms with Gasteiger partial charge in [0.25, 0.3) is 0 Å². The predicted octanol–water partition coefficient (Wildman–Crippen LogP) is 4.36. The number of nitrogens with zero attached hydrogens (tertiary/aromatic N) is 1. The molecule has 1 aliphatic carbocycles. The van der Waals surface area contributed by atoms with Gasteiger partial charge in [-0.2, -0.15) is 11.8 Å². The number of hydrogen-bond donors (Lipinski definition) is 1. The van der Waals surface area contributed by atoms with Crippen molar-refractivity contribution >= 4 is 23.5 Å². The van der Waals surface area contributed by atoms with Gasteiger partial charge in [-0.1, -0.05) is 25.1 Å². The normalized spacial score (nSPS) is 20.5. The summed E-state index contributed by atoms with van der Waals surface area (Å²) in [6.07, 6.45) is 3.41. The summed E-state index contributed by atoms with van der Waals surface area (Å²) in [6.45, 7) is 5.36. The van der Waals surface area contributed by atoms with E-state index < -0.39 is 0 Å². The van der Waals surface area contributed by atoms with Crippen LogP contribution >= 0.6 is 11.8 Å². The highest BCUT2D eigenvalue weighted by Gasteiger charge is 2.29. The molecule has 2 amide bonds. The summed E-state index contributed by atoms with van der Waals surface area (Å²) >= 11 is 2.01. The van der Waals surface area contributed by atoms with Gasteiger partial charge in [-0.15, -0.1) is 0 Å². The van der Waals surface area contributed by atoms with Gasteiger partial charge in [-0.25, -0.2) is 4.79 Å². The van der Waals surface area contributed by atoms with Crippen LogP contribution in [-0.4, -0.2) is 41.6 Å². The Labute approximate surface area is 144 Å². The molecule has 1 aromatic rings. The van der Waals surface area contributed by atoms with Gasteiger partial charge in [0, 0.05) is 36.2 Å². The maximum absolute atomic E-state index is 12.6. The Morgan fingerprint density at radius 2 is 2.13 bits per heavy atom. The number of para-hydroxylation sites is 1. The zero-order chi connectivity index (χ0) is 16.7. The first-order valence-electron chi connectivity index (χ1n) is 8.46. The van der Waals surface area contributed by atoms with Gasteiger partial charge in [-0.3, -0.25) is 0 Å². The molecule has 2 atom stereocenters. The van der Waals surface area contributed by atoms with Crippen LogP contribution in [0.5, 0.6) is 0 Å². The highest BCUT2D eigenvalue weighted by atomic mass is 32.2. The van der Waals surface area contributed by atoms with Gasteiger partial charge in [-0.05, 0) is 38.0 Å². The summed E-state index contributed by atoms with van der Waals surface area (Å²) in [5.41, 5.74) is 1.86. The second kappa shape index (κ2) is 9.18. The van der Waals surface area contributed by atoms with Crippen molar-refractivity contribution in [1.29, 1.82) is 0 Å². The molecule has 1 fully saturated rings. The number of nitrogens with one attached hydrogen (secondary N) is 1. The van der Waals surface area contributed by atoms with Crippen LogP contribution in [-0.2, 0) is 11.3 Å². The van der Waals surface area contributed by atoms with Crippen LogP contribution in [0.3, 0.4) is 0 Å². The lowest BCUT2D eigenvalue weighted by Gasteiger charge is -2.25. The zero-order valence-corrected chi connectivity index (χ0v) is 15.2.